The first-order valence-corrected chi connectivity index (χ1v) is 5.15. The normalized spacial score (nSPS) is 12.9. The summed E-state index contributed by atoms with van der Waals surface area (Å²) < 4.78 is 6.58. The van der Waals surface area contributed by atoms with Gasteiger partial charge in [-0.15, -0.1) is 0 Å². The first-order valence-electron chi connectivity index (χ1n) is 5.15. The van der Waals surface area contributed by atoms with E-state index in [1.165, 1.54) is 7.11 Å². The van der Waals surface area contributed by atoms with E-state index in [4.69, 9.17) is 4.74 Å². The summed E-state index contributed by atoms with van der Waals surface area (Å²) in [5.74, 6) is 1.22. The van der Waals surface area contributed by atoms with Gasteiger partial charge in [-0.2, -0.15) is 0 Å². The number of hydrogen-bond donors (Lipinski definition) is 0. The molecule has 1 aromatic heterocycles. The van der Waals surface area contributed by atoms with Gasteiger partial charge in [0.15, 0.2) is 0 Å². The second-order valence-electron chi connectivity index (χ2n) is 4.05. The van der Waals surface area contributed by atoms with E-state index in [9.17, 15) is 4.79 Å². The summed E-state index contributed by atoms with van der Waals surface area (Å²) in [6.45, 7) is 6.07. The minimum Gasteiger partial charge on any atom is -0.467 e. The molecule has 1 unspecified atom stereocenters. The predicted molar refractivity (Wildman–Crippen MR) is 57.5 cm³/mol. The number of esters is 1. The SMILES string of the molecule is COC(=O)C(C)n1ccnc1CC(C)C. The average molecular weight is 210 g/mol. The Kier molecular flexibility index (Phi) is 3.88. The second-order valence-corrected chi connectivity index (χ2v) is 4.05. The first kappa shape index (κ1) is 11.8. The van der Waals surface area contributed by atoms with Crippen LogP contribution in [0.1, 0.15) is 32.6 Å². The molecule has 1 heterocycles. The summed E-state index contributed by atoms with van der Waals surface area (Å²) in [5.41, 5.74) is 0. The Morgan fingerprint density at radius 1 is 1.53 bits per heavy atom. The van der Waals surface area contributed by atoms with Crippen LogP contribution in [0.25, 0.3) is 0 Å². The van der Waals surface area contributed by atoms with E-state index in [-0.39, 0.29) is 12.0 Å². The van der Waals surface area contributed by atoms with Crippen LogP contribution in [-0.2, 0) is 16.0 Å². The lowest BCUT2D eigenvalue weighted by Crippen LogP contribution is -2.20. The van der Waals surface area contributed by atoms with Crippen LogP contribution in [0.15, 0.2) is 12.4 Å². The van der Waals surface area contributed by atoms with E-state index in [0.717, 1.165) is 12.2 Å². The summed E-state index contributed by atoms with van der Waals surface area (Å²) in [4.78, 5) is 15.6. The van der Waals surface area contributed by atoms with E-state index in [1.54, 1.807) is 6.20 Å². The van der Waals surface area contributed by atoms with E-state index in [2.05, 4.69) is 18.8 Å². The van der Waals surface area contributed by atoms with Gasteiger partial charge in [-0.1, -0.05) is 13.8 Å². The number of carbonyl (C=O) groups is 1. The number of nitrogens with zero attached hydrogens (tertiary/aromatic N) is 2. The van der Waals surface area contributed by atoms with Crippen LogP contribution in [0.2, 0.25) is 0 Å². The van der Waals surface area contributed by atoms with Gasteiger partial charge >= 0.3 is 5.97 Å². The molecule has 0 amide bonds. The quantitative estimate of drug-likeness (QED) is 0.712. The lowest BCUT2D eigenvalue weighted by molar-refractivity contribution is -0.144. The van der Waals surface area contributed by atoms with Crippen molar-refractivity contribution in [1.29, 1.82) is 0 Å². The van der Waals surface area contributed by atoms with E-state index in [0.29, 0.717) is 5.92 Å². The van der Waals surface area contributed by atoms with Crippen molar-refractivity contribution in [3.8, 4) is 0 Å². The van der Waals surface area contributed by atoms with Crippen LogP contribution in [0.3, 0.4) is 0 Å². The van der Waals surface area contributed by atoms with Crippen molar-refractivity contribution in [3.63, 3.8) is 0 Å². The third-order valence-electron chi connectivity index (χ3n) is 2.30. The number of hydrogen-bond acceptors (Lipinski definition) is 3. The number of rotatable bonds is 4. The predicted octanol–water partition coefficient (Wildman–Crippen LogP) is 1.82. The molecular weight excluding hydrogens is 192 g/mol. The molecule has 1 rings (SSSR count). The Bertz CT molecular complexity index is 331. The van der Waals surface area contributed by atoms with Crippen molar-refractivity contribution in [2.75, 3.05) is 7.11 Å². The molecule has 0 N–H and O–H groups in total. The van der Waals surface area contributed by atoms with Gasteiger partial charge in [0, 0.05) is 18.8 Å². The summed E-state index contributed by atoms with van der Waals surface area (Å²) in [6.07, 6.45) is 4.41. The summed E-state index contributed by atoms with van der Waals surface area (Å²) >= 11 is 0. The van der Waals surface area contributed by atoms with Crippen molar-refractivity contribution in [3.05, 3.63) is 18.2 Å². The van der Waals surface area contributed by atoms with Gasteiger partial charge in [-0.3, -0.25) is 0 Å². The third-order valence-corrected chi connectivity index (χ3v) is 2.30. The van der Waals surface area contributed by atoms with Crippen LogP contribution in [0, 0.1) is 5.92 Å². The smallest absolute Gasteiger partial charge is 0.328 e. The Labute approximate surface area is 90.3 Å². The Morgan fingerprint density at radius 3 is 2.73 bits per heavy atom. The average Bonchev–Trinajstić information content (AvgIpc) is 2.62. The molecule has 0 saturated carbocycles. The zero-order valence-electron chi connectivity index (χ0n) is 9.73. The molecule has 1 atom stereocenters. The third kappa shape index (κ3) is 2.81. The minimum atomic E-state index is -0.300. The summed E-state index contributed by atoms with van der Waals surface area (Å²) in [6, 6.07) is -0.300. The molecule has 0 bridgehead atoms. The van der Waals surface area contributed by atoms with E-state index in [1.807, 2.05) is 17.7 Å². The highest BCUT2D eigenvalue weighted by Gasteiger charge is 2.18. The fraction of sp³-hybridized carbons (Fsp3) is 0.636. The van der Waals surface area contributed by atoms with Crippen LogP contribution < -0.4 is 0 Å². The fourth-order valence-electron chi connectivity index (χ4n) is 1.50. The highest BCUT2D eigenvalue weighted by atomic mass is 16.5. The molecule has 84 valence electrons. The lowest BCUT2D eigenvalue weighted by atomic mass is 10.1. The van der Waals surface area contributed by atoms with E-state index >= 15 is 0 Å². The van der Waals surface area contributed by atoms with Gasteiger partial charge in [0.25, 0.3) is 0 Å². The maximum Gasteiger partial charge on any atom is 0.328 e. The Morgan fingerprint density at radius 2 is 2.20 bits per heavy atom. The molecule has 4 heteroatoms. The first-order chi connectivity index (χ1) is 7.06. The molecule has 0 aromatic carbocycles. The standard InChI is InChI=1S/C11H18N2O2/c1-8(2)7-10-12-5-6-13(10)9(3)11(14)15-4/h5-6,8-9H,7H2,1-4H3. The van der Waals surface area contributed by atoms with Gasteiger partial charge in [0.2, 0.25) is 0 Å². The van der Waals surface area contributed by atoms with Gasteiger partial charge < -0.3 is 9.30 Å². The summed E-state index contributed by atoms with van der Waals surface area (Å²) in [7, 11) is 1.40. The maximum absolute atomic E-state index is 11.4. The zero-order chi connectivity index (χ0) is 11.4. The van der Waals surface area contributed by atoms with Crippen LogP contribution in [-0.4, -0.2) is 22.6 Å². The minimum absolute atomic E-state index is 0.238. The fourth-order valence-corrected chi connectivity index (χ4v) is 1.50. The number of ether oxygens (including phenoxy) is 1. The van der Waals surface area contributed by atoms with Gasteiger partial charge in [-0.25, -0.2) is 9.78 Å². The van der Waals surface area contributed by atoms with Gasteiger partial charge in [-0.05, 0) is 12.8 Å². The van der Waals surface area contributed by atoms with Crippen molar-refractivity contribution < 1.29 is 9.53 Å². The molecular formula is C11H18N2O2. The van der Waals surface area contributed by atoms with Crippen LogP contribution in [0.4, 0.5) is 0 Å². The molecule has 0 aliphatic carbocycles. The zero-order valence-corrected chi connectivity index (χ0v) is 9.73. The molecule has 1 aromatic rings. The Balaban J connectivity index is 2.84. The number of methoxy groups -OCH3 is 1. The lowest BCUT2D eigenvalue weighted by Gasteiger charge is -2.14. The van der Waals surface area contributed by atoms with Gasteiger partial charge in [0.1, 0.15) is 11.9 Å². The highest BCUT2D eigenvalue weighted by molar-refractivity contribution is 5.73. The maximum atomic E-state index is 11.4. The second kappa shape index (κ2) is 4.96. The molecule has 15 heavy (non-hydrogen) atoms. The number of imidazole rings is 1. The van der Waals surface area contributed by atoms with Crippen molar-refractivity contribution in [2.24, 2.45) is 5.92 Å². The van der Waals surface area contributed by atoms with E-state index < -0.39 is 0 Å². The monoisotopic (exact) mass is 210 g/mol. The topological polar surface area (TPSA) is 44.1 Å². The molecule has 0 spiro atoms. The summed E-state index contributed by atoms with van der Waals surface area (Å²) in [5, 5.41) is 0. The number of carbonyl (C=O) groups excluding carboxylic acids is 1. The largest absolute Gasteiger partial charge is 0.467 e. The van der Waals surface area contributed by atoms with Crippen LogP contribution in [0.5, 0.6) is 0 Å². The highest BCUT2D eigenvalue weighted by Crippen LogP contribution is 2.13. The molecule has 0 saturated heterocycles. The molecule has 4 nitrogen and oxygen atoms in total. The van der Waals surface area contributed by atoms with Crippen molar-refractivity contribution in [1.82, 2.24) is 9.55 Å². The molecule has 0 fully saturated rings. The van der Waals surface area contributed by atoms with Crippen molar-refractivity contribution >= 4 is 5.97 Å². The Hall–Kier alpha value is -1.32. The van der Waals surface area contributed by atoms with Crippen molar-refractivity contribution in [2.45, 2.75) is 33.2 Å². The van der Waals surface area contributed by atoms with Gasteiger partial charge in [0.05, 0.1) is 7.11 Å². The van der Waals surface area contributed by atoms with Crippen LogP contribution >= 0.6 is 0 Å². The molecule has 0 radical (unpaired) electrons. The molecule has 0 aliphatic rings. The molecule has 0 aliphatic heterocycles. The number of aromatic nitrogens is 2.